The number of nitrogens with zero attached hydrogens (tertiary/aromatic N) is 3. The van der Waals surface area contributed by atoms with Gasteiger partial charge in [-0.3, -0.25) is 23.7 Å². The van der Waals surface area contributed by atoms with Crippen LogP contribution >= 0.6 is 12.2 Å². The maximum absolute atomic E-state index is 12.7. The van der Waals surface area contributed by atoms with Crippen LogP contribution in [0.25, 0.3) is 10.9 Å². The molecule has 2 aromatic rings. The van der Waals surface area contributed by atoms with Crippen molar-refractivity contribution in [3.63, 3.8) is 0 Å². The van der Waals surface area contributed by atoms with Gasteiger partial charge < -0.3 is 19.5 Å². The first-order valence-corrected chi connectivity index (χ1v) is 11.1. The normalized spacial score (nSPS) is 16.1. The molecule has 0 aliphatic carbocycles. The summed E-state index contributed by atoms with van der Waals surface area (Å²) in [5.41, 5.74) is 0.393. The van der Waals surface area contributed by atoms with Crippen LogP contribution in [0.1, 0.15) is 26.2 Å². The summed E-state index contributed by atoms with van der Waals surface area (Å²) in [5, 5.41) is 0.498. The van der Waals surface area contributed by atoms with Crippen LogP contribution in [0.2, 0.25) is 0 Å². The van der Waals surface area contributed by atoms with Crippen LogP contribution in [0.4, 0.5) is 0 Å². The molecule has 0 saturated carbocycles. The topological polar surface area (TPSA) is 105 Å². The predicted octanol–water partition coefficient (Wildman–Crippen LogP) is 1.71. The number of piperidine rings is 1. The van der Waals surface area contributed by atoms with Crippen molar-refractivity contribution in [3.8, 4) is 0 Å². The number of rotatable bonds is 7. The molecule has 1 aliphatic rings. The molecule has 1 aliphatic heterocycles. The Morgan fingerprint density at radius 3 is 2.78 bits per heavy atom. The van der Waals surface area contributed by atoms with Crippen molar-refractivity contribution >= 4 is 40.9 Å². The first-order valence-electron chi connectivity index (χ1n) is 10.7. The number of hydrogen-bond donors (Lipinski definition) is 1. The Kier molecular flexibility index (Phi) is 7.79. The second-order valence-electron chi connectivity index (χ2n) is 7.86. The summed E-state index contributed by atoms with van der Waals surface area (Å²) in [7, 11) is 1.55. The maximum atomic E-state index is 12.7. The van der Waals surface area contributed by atoms with E-state index in [1.54, 1.807) is 37.1 Å². The summed E-state index contributed by atoms with van der Waals surface area (Å²) >= 11 is 5.27. The zero-order chi connectivity index (χ0) is 23.3. The summed E-state index contributed by atoms with van der Waals surface area (Å²) in [5.74, 6) is -1.09. The zero-order valence-electron chi connectivity index (χ0n) is 18.3. The Balaban J connectivity index is 1.58. The Morgan fingerprint density at radius 1 is 1.28 bits per heavy atom. The molecule has 0 radical (unpaired) electrons. The van der Waals surface area contributed by atoms with Gasteiger partial charge in [-0.1, -0.05) is 12.1 Å². The molecule has 0 bridgehead atoms. The van der Waals surface area contributed by atoms with Gasteiger partial charge >= 0.3 is 5.97 Å². The SMILES string of the molecule is CCOC(=O)C1CCCN(C(=O)CN(C)C(=O)CCn2c(=S)[nH]c3ccccc3c2=O)C1. The molecule has 2 heterocycles. The van der Waals surface area contributed by atoms with Gasteiger partial charge in [-0.2, -0.15) is 0 Å². The quantitative estimate of drug-likeness (QED) is 0.498. The lowest BCUT2D eigenvalue weighted by Crippen LogP contribution is -2.47. The van der Waals surface area contributed by atoms with E-state index in [4.69, 9.17) is 17.0 Å². The highest BCUT2D eigenvalue weighted by atomic mass is 32.1. The molecule has 172 valence electrons. The van der Waals surface area contributed by atoms with Crippen molar-refractivity contribution in [2.75, 3.05) is 33.3 Å². The highest BCUT2D eigenvalue weighted by Crippen LogP contribution is 2.18. The molecular formula is C22H28N4O5S. The van der Waals surface area contributed by atoms with E-state index < -0.39 is 0 Å². The average Bonchev–Trinajstić information content (AvgIpc) is 2.79. The first-order chi connectivity index (χ1) is 15.3. The molecule has 1 N–H and O–H groups in total. The fourth-order valence-electron chi connectivity index (χ4n) is 3.85. The number of aromatic amines is 1. The fourth-order valence-corrected chi connectivity index (χ4v) is 4.13. The number of aromatic nitrogens is 2. The Labute approximate surface area is 191 Å². The van der Waals surface area contributed by atoms with Crippen LogP contribution in [0, 0.1) is 10.7 Å². The number of esters is 1. The number of nitrogens with one attached hydrogen (secondary N) is 1. The number of likely N-dealkylation sites (tertiary alicyclic amines) is 1. The minimum absolute atomic E-state index is 0.0327. The third-order valence-corrected chi connectivity index (χ3v) is 5.95. The van der Waals surface area contributed by atoms with Crippen molar-refractivity contribution in [1.29, 1.82) is 0 Å². The molecule has 10 heteroatoms. The van der Waals surface area contributed by atoms with Crippen LogP contribution in [-0.4, -0.2) is 70.4 Å². The summed E-state index contributed by atoms with van der Waals surface area (Å²) < 4.78 is 6.68. The van der Waals surface area contributed by atoms with E-state index in [-0.39, 0.29) is 53.5 Å². The number of H-pyrrole nitrogens is 1. The first kappa shape index (κ1) is 23.6. The lowest BCUT2D eigenvalue weighted by molar-refractivity contribution is -0.152. The highest BCUT2D eigenvalue weighted by molar-refractivity contribution is 7.71. The van der Waals surface area contributed by atoms with Gasteiger partial charge in [0.05, 0.1) is 30.0 Å². The summed E-state index contributed by atoms with van der Waals surface area (Å²) in [6.07, 6.45) is 1.44. The molecule has 0 spiro atoms. The number of carbonyl (C=O) groups is 3. The smallest absolute Gasteiger partial charge is 0.310 e. The van der Waals surface area contributed by atoms with Gasteiger partial charge in [0, 0.05) is 33.1 Å². The monoisotopic (exact) mass is 460 g/mol. The molecule has 32 heavy (non-hydrogen) atoms. The van der Waals surface area contributed by atoms with Gasteiger partial charge in [0.1, 0.15) is 0 Å². The number of amides is 2. The molecule has 1 saturated heterocycles. The number of ether oxygens (including phenoxy) is 1. The Morgan fingerprint density at radius 2 is 2.03 bits per heavy atom. The van der Waals surface area contributed by atoms with Gasteiger partial charge in [0.15, 0.2) is 4.77 Å². The Bertz CT molecular complexity index is 1130. The minimum atomic E-state index is -0.324. The van der Waals surface area contributed by atoms with Gasteiger partial charge in [-0.15, -0.1) is 0 Å². The summed E-state index contributed by atoms with van der Waals surface area (Å²) in [6, 6.07) is 7.05. The van der Waals surface area contributed by atoms with Gasteiger partial charge in [0.2, 0.25) is 11.8 Å². The van der Waals surface area contributed by atoms with Crippen LogP contribution in [0.3, 0.4) is 0 Å². The second-order valence-corrected chi connectivity index (χ2v) is 8.25. The lowest BCUT2D eigenvalue weighted by Gasteiger charge is -2.32. The standard InChI is InChI=1S/C22H28N4O5S/c1-3-31-21(30)15-7-6-11-25(13-15)19(28)14-24(2)18(27)10-12-26-20(29)16-8-4-5-9-17(16)23-22(26)32/h4-5,8-9,15H,3,6-7,10-14H2,1-2H3,(H,23,32). The second kappa shape index (κ2) is 10.5. The molecule has 1 atom stereocenters. The number of benzene rings is 1. The number of hydrogen-bond acceptors (Lipinski definition) is 6. The van der Waals surface area contributed by atoms with Crippen LogP contribution < -0.4 is 5.56 Å². The van der Waals surface area contributed by atoms with E-state index in [0.29, 0.717) is 37.0 Å². The van der Waals surface area contributed by atoms with Crippen molar-refractivity contribution in [3.05, 3.63) is 39.4 Å². The summed E-state index contributed by atoms with van der Waals surface area (Å²) in [6.45, 7) is 2.95. The molecule has 1 aromatic carbocycles. The molecule has 2 amide bonds. The molecule has 1 aromatic heterocycles. The number of likely N-dealkylation sites (N-methyl/N-ethyl adjacent to an activating group) is 1. The molecule has 9 nitrogen and oxygen atoms in total. The highest BCUT2D eigenvalue weighted by Gasteiger charge is 2.30. The van der Waals surface area contributed by atoms with Gasteiger partial charge in [0.25, 0.3) is 5.56 Å². The molecular weight excluding hydrogens is 432 g/mol. The van der Waals surface area contributed by atoms with E-state index in [0.717, 1.165) is 6.42 Å². The van der Waals surface area contributed by atoms with Crippen LogP contribution in [-0.2, 0) is 25.7 Å². The van der Waals surface area contributed by atoms with Crippen LogP contribution in [0.5, 0.6) is 0 Å². The fraction of sp³-hybridized carbons (Fsp3) is 0.500. The van der Waals surface area contributed by atoms with E-state index in [2.05, 4.69) is 4.98 Å². The number of fused-ring (bicyclic) bond motifs is 1. The maximum Gasteiger partial charge on any atom is 0.310 e. The predicted molar refractivity (Wildman–Crippen MR) is 122 cm³/mol. The number of carbonyl (C=O) groups excluding carboxylic acids is 3. The lowest BCUT2D eigenvalue weighted by atomic mass is 9.98. The van der Waals surface area contributed by atoms with E-state index in [9.17, 15) is 19.2 Å². The van der Waals surface area contributed by atoms with E-state index in [1.165, 1.54) is 9.47 Å². The van der Waals surface area contributed by atoms with Crippen molar-refractivity contribution < 1.29 is 19.1 Å². The third kappa shape index (κ3) is 5.42. The third-order valence-electron chi connectivity index (χ3n) is 5.63. The van der Waals surface area contributed by atoms with E-state index in [1.807, 2.05) is 6.07 Å². The van der Waals surface area contributed by atoms with E-state index >= 15 is 0 Å². The average molecular weight is 461 g/mol. The van der Waals surface area contributed by atoms with Crippen molar-refractivity contribution in [1.82, 2.24) is 19.4 Å². The van der Waals surface area contributed by atoms with Gasteiger partial charge in [-0.05, 0) is 44.1 Å². The van der Waals surface area contributed by atoms with Crippen LogP contribution in [0.15, 0.2) is 29.1 Å². The summed E-state index contributed by atoms with van der Waals surface area (Å²) in [4.78, 5) is 55.9. The zero-order valence-corrected chi connectivity index (χ0v) is 19.2. The Hall–Kier alpha value is -3.01. The minimum Gasteiger partial charge on any atom is -0.466 e. The molecule has 1 fully saturated rings. The van der Waals surface area contributed by atoms with Crippen molar-refractivity contribution in [2.24, 2.45) is 5.92 Å². The molecule has 3 rings (SSSR count). The van der Waals surface area contributed by atoms with Gasteiger partial charge in [-0.25, -0.2) is 0 Å². The van der Waals surface area contributed by atoms with Crippen molar-refractivity contribution in [2.45, 2.75) is 32.7 Å². The largest absolute Gasteiger partial charge is 0.466 e. The molecule has 1 unspecified atom stereocenters. The number of para-hydroxylation sites is 1.